The maximum atomic E-state index is 12.9. The van der Waals surface area contributed by atoms with Crippen molar-refractivity contribution in [1.82, 2.24) is 10.4 Å². The third-order valence-electron chi connectivity index (χ3n) is 3.71. The van der Waals surface area contributed by atoms with E-state index in [2.05, 4.69) is 15.8 Å². The first-order valence-electron chi connectivity index (χ1n) is 7.89. The molecule has 11 heteroatoms. The molecule has 0 bridgehead atoms. The van der Waals surface area contributed by atoms with Gasteiger partial charge in [0, 0.05) is 0 Å². The van der Waals surface area contributed by atoms with Crippen molar-refractivity contribution in [2.45, 2.75) is 4.90 Å². The first kappa shape index (κ1) is 19.8. The average molecular weight is 425 g/mol. The summed E-state index contributed by atoms with van der Waals surface area (Å²) in [4.78, 5) is 16.2. The van der Waals surface area contributed by atoms with Crippen LogP contribution in [0.3, 0.4) is 0 Å². The van der Waals surface area contributed by atoms with Crippen LogP contribution in [0.5, 0.6) is 11.5 Å². The summed E-state index contributed by atoms with van der Waals surface area (Å²) in [5.41, 5.74) is 5.43. The molecule has 2 aromatic carbocycles. The van der Waals surface area contributed by atoms with Gasteiger partial charge in [-0.25, -0.2) is 17.8 Å². The molecule has 0 atom stereocenters. The van der Waals surface area contributed by atoms with Gasteiger partial charge in [0.15, 0.2) is 9.84 Å². The van der Waals surface area contributed by atoms with Crippen molar-refractivity contribution in [3.8, 4) is 11.5 Å². The molecule has 3 aromatic rings. The standard InChI is InChI=1S/C17H16FN3O5S2/c1-25-12-7-8-13(26-2)16-15(12)19-17(27-16)21-20-14(22)9-28(23,24)11-5-3-10(18)4-6-11/h3-8H,9H2,1-2H3,(H,19,21)(H,20,22). The highest BCUT2D eigenvalue weighted by Crippen LogP contribution is 2.38. The fourth-order valence-electron chi connectivity index (χ4n) is 2.40. The van der Waals surface area contributed by atoms with Crippen LogP contribution in [0.1, 0.15) is 0 Å². The Morgan fingerprint density at radius 3 is 2.39 bits per heavy atom. The molecule has 8 nitrogen and oxygen atoms in total. The van der Waals surface area contributed by atoms with E-state index in [9.17, 15) is 17.6 Å². The van der Waals surface area contributed by atoms with E-state index in [1.807, 2.05) is 0 Å². The molecular formula is C17H16FN3O5S2. The van der Waals surface area contributed by atoms with Gasteiger partial charge in [-0.3, -0.25) is 15.6 Å². The van der Waals surface area contributed by atoms with E-state index in [1.54, 1.807) is 12.1 Å². The van der Waals surface area contributed by atoms with Gasteiger partial charge < -0.3 is 9.47 Å². The number of nitrogens with zero attached hydrogens (tertiary/aromatic N) is 1. The third kappa shape index (κ3) is 4.15. The number of methoxy groups -OCH3 is 2. The van der Waals surface area contributed by atoms with Gasteiger partial charge in [-0.15, -0.1) is 0 Å². The molecule has 1 heterocycles. The number of amides is 1. The van der Waals surface area contributed by atoms with E-state index in [0.29, 0.717) is 26.8 Å². The van der Waals surface area contributed by atoms with Crippen molar-refractivity contribution in [3.05, 3.63) is 42.2 Å². The summed E-state index contributed by atoms with van der Waals surface area (Å²) in [5, 5.41) is 0.324. The lowest BCUT2D eigenvalue weighted by Gasteiger charge is -2.06. The molecule has 0 saturated carbocycles. The topological polar surface area (TPSA) is 107 Å². The summed E-state index contributed by atoms with van der Waals surface area (Å²) in [5.74, 6) is -1.03. The number of benzene rings is 2. The van der Waals surface area contributed by atoms with E-state index in [0.717, 1.165) is 24.3 Å². The van der Waals surface area contributed by atoms with Gasteiger partial charge in [0.25, 0.3) is 5.91 Å². The van der Waals surface area contributed by atoms with Crippen molar-refractivity contribution >= 4 is 42.4 Å². The second-order valence-corrected chi connectivity index (χ2v) is 8.54. The second kappa shape index (κ2) is 7.98. The van der Waals surface area contributed by atoms with Gasteiger partial charge in [0.05, 0.1) is 19.1 Å². The molecule has 0 fully saturated rings. The highest BCUT2D eigenvalue weighted by Gasteiger charge is 2.20. The Hall–Kier alpha value is -2.92. The maximum absolute atomic E-state index is 12.9. The van der Waals surface area contributed by atoms with Crippen LogP contribution in [0, 0.1) is 5.82 Å². The van der Waals surface area contributed by atoms with Gasteiger partial charge in [0.1, 0.15) is 33.3 Å². The Morgan fingerprint density at radius 1 is 1.11 bits per heavy atom. The number of hydrogen-bond donors (Lipinski definition) is 2. The molecule has 2 N–H and O–H groups in total. The number of thiazole rings is 1. The quantitative estimate of drug-likeness (QED) is 0.442. The molecule has 0 saturated heterocycles. The van der Waals surface area contributed by atoms with Crippen LogP contribution in [0.25, 0.3) is 10.2 Å². The predicted octanol–water partition coefficient (Wildman–Crippen LogP) is 2.37. The monoisotopic (exact) mass is 425 g/mol. The van der Waals surface area contributed by atoms with Crippen LogP contribution in [-0.2, 0) is 14.6 Å². The van der Waals surface area contributed by atoms with Crippen molar-refractivity contribution in [2.24, 2.45) is 0 Å². The number of sulfone groups is 1. The molecule has 0 radical (unpaired) electrons. The highest BCUT2D eigenvalue weighted by molar-refractivity contribution is 7.92. The van der Waals surface area contributed by atoms with Crippen LogP contribution < -0.4 is 20.3 Å². The number of hydrazine groups is 1. The Labute approximate surface area is 164 Å². The van der Waals surface area contributed by atoms with Crippen molar-refractivity contribution in [2.75, 3.05) is 25.4 Å². The summed E-state index contributed by atoms with van der Waals surface area (Å²) in [6.45, 7) is 0. The SMILES string of the molecule is COc1ccc(OC)c2sc(NNC(=O)CS(=O)(=O)c3ccc(F)cc3)nc12. The minimum absolute atomic E-state index is 0.140. The number of carbonyl (C=O) groups is 1. The Bertz CT molecular complexity index is 1070. The maximum Gasteiger partial charge on any atom is 0.253 e. The number of anilines is 1. The Kier molecular flexibility index (Phi) is 5.66. The summed E-state index contributed by atoms with van der Waals surface area (Å²) < 4.78 is 48.6. The molecule has 0 aliphatic heterocycles. The minimum Gasteiger partial charge on any atom is -0.495 e. The fraction of sp³-hybridized carbons (Fsp3) is 0.176. The zero-order valence-corrected chi connectivity index (χ0v) is 16.5. The fourth-order valence-corrected chi connectivity index (χ4v) is 4.46. The number of rotatable bonds is 7. The van der Waals surface area contributed by atoms with Gasteiger partial charge in [0.2, 0.25) is 5.13 Å². The van der Waals surface area contributed by atoms with Crippen LogP contribution in [-0.4, -0.2) is 39.3 Å². The molecule has 1 aromatic heterocycles. The molecule has 28 heavy (non-hydrogen) atoms. The van der Waals surface area contributed by atoms with E-state index in [-0.39, 0.29) is 4.90 Å². The molecule has 0 aliphatic rings. The highest BCUT2D eigenvalue weighted by atomic mass is 32.2. The smallest absolute Gasteiger partial charge is 0.253 e. The number of carbonyl (C=O) groups excluding carboxylic acids is 1. The lowest BCUT2D eigenvalue weighted by atomic mass is 10.3. The Morgan fingerprint density at radius 2 is 1.75 bits per heavy atom. The van der Waals surface area contributed by atoms with Crippen LogP contribution in [0.4, 0.5) is 9.52 Å². The second-order valence-electron chi connectivity index (χ2n) is 5.55. The molecule has 3 rings (SSSR count). The van der Waals surface area contributed by atoms with Gasteiger partial charge in [-0.1, -0.05) is 11.3 Å². The normalized spacial score (nSPS) is 11.2. The number of hydrogen-bond acceptors (Lipinski definition) is 8. The Balaban J connectivity index is 1.71. The number of ether oxygens (including phenoxy) is 2. The van der Waals surface area contributed by atoms with Gasteiger partial charge >= 0.3 is 0 Å². The van der Waals surface area contributed by atoms with Gasteiger partial charge in [-0.05, 0) is 36.4 Å². The molecule has 0 unspecified atom stereocenters. The molecule has 148 valence electrons. The average Bonchev–Trinajstić information content (AvgIpc) is 3.10. The first-order valence-corrected chi connectivity index (χ1v) is 10.4. The summed E-state index contributed by atoms with van der Waals surface area (Å²) >= 11 is 1.20. The minimum atomic E-state index is -3.90. The molecule has 0 spiro atoms. The molecule has 0 aliphatic carbocycles. The van der Waals surface area contributed by atoms with Crippen molar-refractivity contribution < 1.29 is 27.1 Å². The zero-order valence-electron chi connectivity index (χ0n) is 14.9. The van der Waals surface area contributed by atoms with E-state index in [1.165, 1.54) is 25.6 Å². The predicted molar refractivity (Wildman–Crippen MR) is 103 cm³/mol. The largest absolute Gasteiger partial charge is 0.495 e. The lowest BCUT2D eigenvalue weighted by Crippen LogP contribution is -2.34. The zero-order chi connectivity index (χ0) is 20.3. The van der Waals surface area contributed by atoms with E-state index in [4.69, 9.17) is 9.47 Å². The van der Waals surface area contributed by atoms with Gasteiger partial charge in [-0.2, -0.15) is 0 Å². The molecular weight excluding hydrogens is 409 g/mol. The van der Waals surface area contributed by atoms with Crippen molar-refractivity contribution in [1.29, 1.82) is 0 Å². The first-order chi connectivity index (χ1) is 13.3. The van der Waals surface area contributed by atoms with E-state index < -0.39 is 27.3 Å². The summed E-state index contributed by atoms with van der Waals surface area (Å²) in [7, 11) is -0.869. The number of halogens is 1. The summed E-state index contributed by atoms with van der Waals surface area (Å²) in [6, 6.07) is 7.69. The third-order valence-corrected chi connectivity index (χ3v) is 6.33. The number of fused-ring (bicyclic) bond motifs is 1. The molecule has 1 amide bonds. The number of aromatic nitrogens is 1. The summed E-state index contributed by atoms with van der Waals surface area (Å²) in [6.07, 6.45) is 0. The van der Waals surface area contributed by atoms with Crippen LogP contribution >= 0.6 is 11.3 Å². The van der Waals surface area contributed by atoms with Crippen molar-refractivity contribution in [3.63, 3.8) is 0 Å². The number of nitrogens with one attached hydrogen (secondary N) is 2. The van der Waals surface area contributed by atoms with E-state index >= 15 is 0 Å². The van der Waals surface area contributed by atoms with Crippen LogP contribution in [0.15, 0.2) is 41.3 Å². The van der Waals surface area contributed by atoms with Crippen LogP contribution in [0.2, 0.25) is 0 Å². The lowest BCUT2D eigenvalue weighted by molar-refractivity contribution is -0.118.